The molecule has 0 spiro atoms. The molecule has 0 amide bonds. The number of rotatable bonds is 13. The van der Waals surface area contributed by atoms with Gasteiger partial charge in [0.25, 0.3) is 0 Å². The molecule has 1 fully saturated rings. The van der Waals surface area contributed by atoms with E-state index in [1.165, 1.54) is 0 Å². The summed E-state index contributed by atoms with van der Waals surface area (Å²) >= 11 is 6.80. The second-order valence-electron chi connectivity index (χ2n) is 11.3. The van der Waals surface area contributed by atoms with Crippen molar-refractivity contribution in [2.75, 3.05) is 13.7 Å². The molecule has 4 aromatic rings. The SMILES string of the molecule is CCOc1ccc(Cc2cc([C@]3(OC)O[C@H](CC)[C@@H](C)[C@H](OCc4ccccc4)[C@H]3OCc3ccccc3)ccc2Cl)cc1. The van der Waals surface area contributed by atoms with Crippen molar-refractivity contribution in [1.82, 2.24) is 0 Å². The average Bonchev–Trinajstić information content (AvgIpc) is 3.06. The number of hydrogen-bond donors (Lipinski definition) is 0. The summed E-state index contributed by atoms with van der Waals surface area (Å²) in [5.41, 5.74) is 5.13. The topological polar surface area (TPSA) is 46.2 Å². The van der Waals surface area contributed by atoms with Crippen LogP contribution in [0.25, 0.3) is 0 Å². The molecule has 0 unspecified atom stereocenters. The number of halogens is 1. The first kappa shape index (κ1) is 32.2. The third-order valence-electron chi connectivity index (χ3n) is 8.44. The summed E-state index contributed by atoms with van der Waals surface area (Å²) < 4.78 is 32.6. The highest BCUT2D eigenvalue weighted by Crippen LogP contribution is 2.46. The van der Waals surface area contributed by atoms with Gasteiger partial charge in [-0.2, -0.15) is 0 Å². The van der Waals surface area contributed by atoms with E-state index in [9.17, 15) is 0 Å². The highest BCUT2D eigenvalue weighted by atomic mass is 35.5. The maximum absolute atomic E-state index is 6.95. The smallest absolute Gasteiger partial charge is 0.224 e. The summed E-state index contributed by atoms with van der Waals surface area (Å²) in [6.45, 7) is 7.78. The molecule has 0 N–H and O–H groups in total. The Balaban J connectivity index is 1.52. The average molecular weight is 615 g/mol. The summed E-state index contributed by atoms with van der Waals surface area (Å²) in [7, 11) is 1.69. The highest BCUT2D eigenvalue weighted by Gasteiger charge is 2.56. The summed E-state index contributed by atoms with van der Waals surface area (Å²) in [5.74, 6) is -0.310. The molecule has 0 radical (unpaired) electrons. The fourth-order valence-electron chi connectivity index (χ4n) is 6.06. The Morgan fingerprint density at radius 1 is 0.773 bits per heavy atom. The largest absolute Gasteiger partial charge is 0.494 e. The first-order valence-corrected chi connectivity index (χ1v) is 15.9. The molecule has 4 aromatic carbocycles. The van der Waals surface area contributed by atoms with Gasteiger partial charge < -0.3 is 23.7 Å². The minimum Gasteiger partial charge on any atom is -0.494 e. The Morgan fingerprint density at radius 3 is 2.00 bits per heavy atom. The Kier molecular flexibility index (Phi) is 11.1. The van der Waals surface area contributed by atoms with Crippen LogP contribution in [-0.4, -0.2) is 32.0 Å². The van der Waals surface area contributed by atoms with Crippen molar-refractivity contribution in [3.8, 4) is 5.75 Å². The zero-order valence-corrected chi connectivity index (χ0v) is 26.8. The fraction of sp³-hybridized carbons (Fsp3) is 0.368. The molecule has 0 bridgehead atoms. The van der Waals surface area contributed by atoms with E-state index < -0.39 is 11.9 Å². The van der Waals surface area contributed by atoms with E-state index in [1.807, 2.05) is 67.6 Å². The van der Waals surface area contributed by atoms with Crippen molar-refractivity contribution in [3.05, 3.63) is 136 Å². The first-order chi connectivity index (χ1) is 21.5. The Bertz CT molecular complexity index is 1450. The van der Waals surface area contributed by atoms with Crippen LogP contribution in [0, 0.1) is 5.92 Å². The molecule has 5 atom stereocenters. The Labute approximate surface area is 267 Å². The summed E-state index contributed by atoms with van der Waals surface area (Å²) in [4.78, 5) is 0. The minimum absolute atomic E-state index is 0.0587. The quantitative estimate of drug-likeness (QED) is 0.151. The van der Waals surface area contributed by atoms with Crippen LogP contribution in [0.1, 0.15) is 55.0 Å². The van der Waals surface area contributed by atoms with Crippen LogP contribution in [0.5, 0.6) is 5.75 Å². The van der Waals surface area contributed by atoms with Gasteiger partial charge in [-0.05, 0) is 66.3 Å². The number of methoxy groups -OCH3 is 1. The molecule has 1 saturated heterocycles. The van der Waals surface area contributed by atoms with E-state index in [0.717, 1.165) is 40.0 Å². The lowest BCUT2D eigenvalue weighted by Crippen LogP contribution is -2.62. The lowest BCUT2D eigenvalue weighted by Gasteiger charge is -2.52. The lowest BCUT2D eigenvalue weighted by molar-refractivity contribution is -0.369. The molecule has 44 heavy (non-hydrogen) atoms. The zero-order chi connectivity index (χ0) is 30.9. The van der Waals surface area contributed by atoms with Crippen LogP contribution in [0.15, 0.2) is 103 Å². The number of ether oxygens (including phenoxy) is 5. The zero-order valence-electron chi connectivity index (χ0n) is 26.1. The third kappa shape index (κ3) is 7.36. The molecule has 1 heterocycles. The molecular weight excluding hydrogens is 572 g/mol. The van der Waals surface area contributed by atoms with E-state index in [2.05, 4.69) is 56.3 Å². The molecule has 5 rings (SSSR count). The fourth-order valence-corrected chi connectivity index (χ4v) is 6.24. The maximum atomic E-state index is 6.95. The number of hydrogen-bond acceptors (Lipinski definition) is 5. The van der Waals surface area contributed by atoms with Gasteiger partial charge in [-0.15, -0.1) is 0 Å². The van der Waals surface area contributed by atoms with Crippen molar-refractivity contribution in [3.63, 3.8) is 0 Å². The first-order valence-electron chi connectivity index (χ1n) is 15.5. The van der Waals surface area contributed by atoms with Crippen LogP contribution in [0.2, 0.25) is 5.02 Å². The van der Waals surface area contributed by atoms with Crippen molar-refractivity contribution in [1.29, 1.82) is 0 Å². The Morgan fingerprint density at radius 2 is 1.41 bits per heavy atom. The van der Waals surface area contributed by atoms with E-state index in [4.69, 9.17) is 35.3 Å². The monoisotopic (exact) mass is 614 g/mol. The van der Waals surface area contributed by atoms with E-state index in [-0.39, 0.29) is 18.1 Å². The molecule has 1 aliphatic heterocycles. The molecule has 1 aliphatic rings. The molecule has 0 saturated carbocycles. The van der Waals surface area contributed by atoms with Gasteiger partial charge in [0, 0.05) is 23.6 Å². The minimum atomic E-state index is -1.22. The van der Waals surface area contributed by atoms with Crippen LogP contribution < -0.4 is 4.74 Å². The summed E-state index contributed by atoms with van der Waals surface area (Å²) in [6.07, 6.45) is 0.472. The summed E-state index contributed by atoms with van der Waals surface area (Å²) in [5, 5.41) is 0.684. The molecule has 0 aliphatic carbocycles. The Hall–Kier alpha value is -3.19. The van der Waals surface area contributed by atoms with Gasteiger partial charge in [0.05, 0.1) is 32.0 Å². The van der Waals surface area contributed by atoms with Crippen LogP contribution in [-0.2, 0) is 44.4 Å². The van der Waals surface area contributed by atoms with Crippen molar-refractivity contribution >= 4 is 11.6 Å². The van der Waals surface area contributed by atoms with Gasteiger partial charge in [-0.3, -0.25) is 0 Å². The highest BCUT2D eigenvalue weighted by molar-refractivity contribution is 6.31. The lowest BCUT2D eigenvalue weighted by atomic mass is 9.81. The predicted molar refractivity (Wildman–Crippen MR) is 175 cm³/mol. The second kappa shape index (κ2) is 15.2. The van der Waals surface area contributed by atoms with E-state index in [1.54, 1.807) is 7.11 Å². The van der Waals surface area contributed by atoms with Crippen LogP contribution in [0.4, 0.5) is 0 Å². The molecule has 232 valence electrons. The van der Waals surface area contributed by atoms with Gasteiger partial charge in [0.15, 0.2) is 0 Å². The molecule has 5 nitrogen and oxygen atoms in total. The normalized spacial score (nSPS) is 23.4. The van der Waals surface area contributed by atoms with Gasteiger partial charge >= 0.3 is 0 Å². The van der Waals surface area contributed by atoms with E-state index >= 15 is 0 Å². The second-order valence-corrected chi connectivity index (χ2v) is 11.7. The van der Waals surface area contributed by atoms with Gasteiger partial charge in [-0.25, -0.2) is 0 Å². The number of benzene rings is 4. The van der Waals surface area contributed by atoms with Crippen molar-refractivity contribution < 1.29 is 23.7 Å². The van der Waals surface area contributed by atoms with Crippen molar-refractivity contribution in [2.45, 2.75) is 70.9 Å². The third-order valence-corrected chi connectivity index (χ3v) is 8.81. The molecule has 0 aromatic heterocycles. The molecule has 6 heteroatoms. The van der Waals surface area contributed by atoms with Gasteiger partial charge in [0.1, 0.15) is 11.9 Å². The van der Waals surface area contributed by atoms with Gasteiger partial charge in [0.2, 0.25) is 5.79 Å². The van der Waals surface area contributed by atoms with Crippen LogP contribution >= 0.6 is 11.6 Å². The maximum Gasteiger partial charge on any atom is 0.224 e. The van der Waals surface area contributed by atoms with Crippen molar-refractivity contribution in [2.24, 2.45) is 5.92 Å². The van der Waals surface area contributed by atoms with Gasteiger partial charge in [-0.1, -0.05) is 104 Å². The summed E-state index contributed by atoms with van der Waals surface area (Å²) in [6, 6.07) is 34.6. The standard InChI is InChI=1S/C38H43ClO5/c1-5-35-27(3)36(42-25-29-13-9-7-10-14-29)37(43-26-30-15-11-8-12-16-30)38(40-4,44-35)32-19-22-34(39)31(24-32)23-28-17-20-33(21-18-28)41-6-2/h7-22,24,27,35-37H,5-6,23,25-26H2,1-4H3/t27-,35-,36+,37-,38+/m1/s1. The van der Waals surface area contributed by atoms with E-state index in [0.29, 0.717) is 31.3 Å². The van der Waals surface area contributed by atoms with Crippen LogP contribution in [0.3, 0.4) is 0 Å². The predicted octanol–water partition coefficient (Wildman–Crippen LogP) is 8.74. The molecular formula is C38H43ClO5.